The van der Waals surface area contributed by atoms with Crippen LogP contribution in [0.5, 0.6) is 0 Å². The monoisotopic (exact) mass is 760 g/mol. The second-order valence-electron chi connectivity index (χ2n) is 11.3. The van der Waals surface area contributed by atoms with E-state index in [2.05, 4.69) is 31.2 Å². The van der Waals surface area contributed by atoms with Crippen LogP contribution in [-0.2, 0) is 36.3 Å². The minimum Gasteiger partial charge on any atom is -0.444 e. The molecule has 1 aliphatic heterocycles. The molecule has 0 radical (unpaired) electrons. The van der Waals surface area contributed by atoms with Crippen LogP contribution in [0, 0.1) is 0 Å². The van der Waals surface area contributed by atoms with Crippen LogP contribution >= 0.6 is 15.9 Å². The number of anilines is 2. The molecule has 0 fully saturated rings. The number of fused-ring (bicyclic) bond motifs is 1. The Labute approximate surface area is 282 Å². The fraction of sp³-hybridized carbons (Fsp3) is 0.303. The first kappa shape index (κ1) is 36.0. The molecule has 0 saturated heterocycles. The van der Waals surface area contributed by atoms with Crippen LogP contribution in [0.4, 0.5) is 55.9 Å². The third-order valence-corrected chi connectivity index (χ3v) is 8.54. The normalized spacial score (nSPS) is 16.7. The number of benzene rings is 3. The molecular weight excluding hydrogens is 735 g/mol. The number of nitrogens with one attached hydrogen (secondary N) is 1. The van der Waals surface area contributed by atoms with Gasteiger partial charge in [0.1, 0.15) is 6.61 Å². The molecular formula is C33H26BrF9N4O2. The summed E-state index contributed by atoms with van der Waals surface area (Å²) in [4.78, 5) is 23.1. The number of alkyl halides is 9. The van der Waals surface area contributed by atoms with Gasteiger partial charge in [-0.25, -0.2) is 14.8 Å². The predicted octanol–water partition coefficient (Wildman–Crippen LogP) is 10.4. The fourth-order valence-corrected chi connectivity index (χ4v) is 5.85. The number of carbonyl (C=O) groups excluding carboxylic acids is 1. The lowest BCUT2D eigenvalue weighted by Gasteiger charge is -2.40. The molecule has 0 spiro atoms. The van der Waals surface area contributed by atoms with Gasteiger partial charge in [0.2, 0.25) is 5.95 Å². The molecule has 1 N–H and O–H groups in total. The van der Waals surface area contributed by atoms with E-state index in [0.29, 0.717) is 24.1 Å². The highest BCUT2D eigenvalue weighted by molar-refractivity contribution is 9.10. The summed E-state index contributed by atoms with van der Waals surface area (Å²) in [7, 11) is 0. The first-order valence-electron chi connectivity index (χ1n) is 14.7. The van der Waals surface area contributed by atoms with E-state index in [1.807, 2.05) is 0 Å². The zero-order chi connectivity index (χ0) is 35.7. The van der Waals surface area contributed by atoms with Crippen molar-refractivity contribution in [3.63, 3.8) is 0 Å². The smallest absolute Gasteiger partial charge is 0.416 e. The van der Waals surface area contributed by atoms with Crippen LogP contribution in [-0.4, -0.2) is 22.1 Å². The van der Waals surface area contributed by atoms with E-state index in [1.54, 1.807) is 37.3 Å². The maximum atomic E-state index is 13.8. The first-order chi connectivity index (χ1) is 22.9. The molecule has 1 aromatic heterocycles. The number of ether oxygens (including phenoxy) is 1. The Hall–Kier alpha value is -4.34. The topological polar surface area (TPSA) is 67.4 Å². The highest BCUT2D eigenvalue weighted by Crippen LogP contribution is 2.43. The van der Waals surface area contributed by atoms with Gasteiger partial charge in [0.25, 0.3) is 0 Å². The highest BCUT2D eigenvalue weighted by atomic mass is 79.9. The molecule has 0 bridgehead atoms. The van der Waals surface area contributed by atoms with Crippen LogP contribution in [0.1, 0.15) is 64.9 Å². The molecule has 6 nitrogen and oxygen atoms in total. The average Bonchev–Trinajstić information content (AvgIpc) is 3.03. The van der Waals surface area contributed by atoms with Gasteiger partial charge >= 0.3 is 24.6 Å². The van der Waals surface area contributed by atoms with Gasteiger partial charge in [-0.2, -0.15) is 39.5 Å². The zero-order valence-corrected chi connectivity index (χ0v) is 26.9. The highest BCUT2D eigenvalue weighted by Gasteiger charge is 2.40. The Kier molecular flexibility index (Phi) is 10.2. The average molecular weight is 761 g/mol. The Morgan fingerprint density at radius 3 is 2.10 bits per heavy atom. The number of rotatable bonds is 7. The second-order valence-corrected chi connectivity index (χ2v) is 12.1. The van der Waals surface area contributed by atoms with Gasteiger partial charge in [-0.15, -0.1) is 0 Å². The van der Waals surface area contributed by atoms with Crippen molar-refractivity contribution in [2.45, 2.75) is 63.4 Å². The van der Waals surface area contributed by atoms with Crippen molar-refractivity contribution in [1.82, 2.24) is 9.97 Å². The van der Waals surface area contributed by atoms with Crippen molar-refractivity contribution in [1.29, 1.82) is 0 Å². The van der Waals surface area contributed by atoms with Crippen LogP contribution in [0.3, 0.4) is 0 Å². The number of hydrogen-bond donors (Lipinski definition) is 1. The summed E-state index contributed by atoms with van der Waals surface area (Å²) in [5.41, 5.74) is -3.33. The Bertz CT molecular complexity index is 1780. The first-order valence-corrected chi connectivity index (χ1v) is 15.5. The van der Waals surface area contributed by atoms with E-state index < -0.39 is 59.8 Å². The predicted molar refractivity (Wildman–Crippen MR) is 165 cm³/mol. The van der Waals surface area contributed by atoms with Crippen molar-refractivity contribution in [2.75, 3.05) is 10.2 Å². The molecule has 5 rings (SSSR count). The molecule has 4 aromatic rings. The molecule has 0 aliphatic carbocycles. The molecule has 16 heteroatoms. The molecule has 1 amide bonds. The molecule has 49 heavy (non-hydrogen) atoms. The fourth-order valence-electron chi connectivity index (χ4n) is 5.52. The summed E-state index contributed by atoms with van der Waals surface area (Å²) in [6.07, 6.45) is -14.4. The maximum Gasteiger partial charge on any atom is 0.416 e. The van der Waals surface area contributed by atoms with E-state index in [0.717, 1.165) is 12.1 Å². The Balaban J connectivity index is 1.48. The summed E-state index contributed by atoms with van der Waals surface area (Å²) in [6.45, 7) is 1.71. The zero-order valence-electron chi connectivity index (χ0n) is 25.3. The molecule has 3 aromatic carbocycles. The van der Waals surface area contributed by atoms with E-state index in [1.165, 1.54) is 17.2 Å². The standard InChI is InChI=1S/C33H26BrF9N4O2/c1-2-23-15-26(24-14-20(31(35,36)37)8-9-28(24)47(23)30(48)49-17-18-6-4-3-5-7-18)45-29-44-16-25(34)27(46-29)12-19-10-21(32(38,39)40)13-22(11-19)33(41,42)43/h3-11,13-14,16,23,26H,2,12,15,17H2,1H3,(H,44,45,46)/t23-,26+/m1/s1. The van der Waals surface area contributed by atoms with Gasteiger partial charge in [0.15, 0.2) is 0 Å². The van der Waals surface area contributed by atoms with E-state index >= 15 is 0 Å². The van der Waals surface area contributed by atoms with Gasteiger partial charge in [-0.05, 0) is 81.9 Å². The van der Waals surface area contributed by atoms with Crippen molar-refractivity contribution in [3.05, 3.63) is 116 Å². The van der Waals surface area contributed by atoms with Crippen LogP contribution in [0.15, 0.2) is 77.4 Å². The minimum atomic E-state index is -5.05. The lowest BCUT2D eigenvalue weighted by Crippen LogP contribution is -2.46. The summed E-state index contributed by atoms with van der Waals surface area (Å²) >= 11 is 3.18. The largest absolute Gasteiger partial charge is 0.444 e. The molecule has 1 aliphatic rings. The number of amides is 1. The third kappa shape index (κ3) is 8.46. The lowest BCUT2D eigenvalue weighted by molar-refractivity contribution is -0.143. The van der Waals surface area contributed by atoms with Gasteiger partial charge in [0.05, 0.1) is 38.6 Å². The van der Waals surface area contributed by atoms with Gasteiger partial charge in [0, 0.05) is 18.7 Å². The maximum absolute atomic E-state index is 13.8. The number of hydrogen-bond acceptors (Lipinski definition) is 5. The summed E-state index contributed by atoms with van der Waals surface area (Å²) in [6, 6.07) is 11.5. The number of aromatic nitrogens is 2. The van der Waals surface area contributed by atoms with Crippen molar-refractivity contribution < 1.29 is 49.0 Å². The van der Waals surface area contributed by atoms with Crippen LogP contribution in [0.2, 0.25) is 0 Å². The summed E-state index contributed by atoms with van der Waals surface area (Å²) in [5.74, 6) is -0.149. The molecule has 0 unspecified atom stereocenters. The second kappa shape index (κ2) is 13.9. The van der Waals surface area contributed by atoms with Crippen molar-refractivity contribution in [3.8, 4) is 0 Å². The number of nitrogens with zero attached hydrogens (tertiary/aromatic N) is 3. The number of halogens is 10. The SMILES string of the molecule is CC[C@@H]1C[C@H](Nc2ncc(Br)c(Cc3cc(C(F)(F)F)cc(C(F)(F)F)c3)n2)c2cc(C(F)(F)F)ccc2N1C(=O)OCc1ccccc1. The molecule has 2 heterocycles. The Morgan fingerprint density at radius 2 is 1.51 bits per heavy atom. The molecule has 260 valence electrons. The minimum absolute atomic E-state index is 0.0168. The Morgan fingerprint density at radius 1 is 0.878 bits per heavy atom. The summed E-state index contributed by atoms with van der Waals surface area (Å²) < 4.78 is 128. The van der Waals surface area contributed by atoms with E-state index in [4.69, 9.17) is 4.74 Å². The van der Waals surface area contributed by atoms with Gasteiger partial charge in [-0.1, -0.05) is 37.3 Å². The quantitative estimate of drug-likeness (QED) is 0.190. The van der Waals surface area contributed by atoms with Crippen LogP contribution < -0.4 is 10.2 Å². The lowest BCUT2D eigenvalue weighted by atomic mass is 9.89. The molecule has 2 atom stereocenters. The summed E-state index contributed by atoms with van der Waals surface area (Å²) in [5, 5.41) is 2.97. The van der Waals surface area contributed by atoms with E-state index in [9.17, 15) is 44.3 Å². The number of carbonyl (C=O) groups is 1. The van der Waals surface area contributed by atoms with Crippen molar-refractivity contribution >= 4 is 33.7 Å². The van der Waals surface area contributed by atoms with E-state index in [-0.39, 0.29) is 52.0 Å². The van der Waals surface area contributed by atoms with Crippen LogP contribution in [0.25, 0.3) is 0 Å². The third-order valence-electron chi connectivity index (χ3n) is 7.87. The molecule has 0 saturated carbocycles. The van der Waals surface area contributed by atoms with Gasteiger partial charge < -0.3 is 10.1 Å². The van der Waals surface area contributed by atoms with Gasteiger partial charge in [-0.3, -0.25) is 4.90 Å². The van der Waals surface area contributed by atoms with Crippen molar-refractivity contribution in [2.24, 2.45) is 0 Å².